The molecule has 1 aromatic carbocycles. The van der Waals surface area contributed by atoms with Gasteiger partial charge in [-0.25, -0.2) is 4.79 Å². The number of esters is 1. The third-order valence-electron chi connectivity index (χ3n) is 3.65. The average Bonchev–Trinajstić information content (AvgIpc) is 2.52. The van der Waals surface area contributed by atoms with Gasteiger partial charge in [0.25, 0.3) is 0 Å². The van der Waals surface area contributed by atoms with Gasteiger partial charge in [-0.2, -0.15) is 0 Å². The summed E-state index contributed by atoms with van der Waals surface area (Å²) in [5.74, 6) is 0.794. The minimum atomic E-state index is -0.503. The minimum absolute atomic E-state index is 0.230. The fourth-order valence-electron chi connectivity index (χ4n) is 2.58. The van der Waals surface area contributed by atoms with Gasteiger partial charge in [-0.05, 0) is 55.0 Å². The van der Waals surface area contributed by atoms with Gasteiger partial charge in [0.2, 0.25) is 0 Å². The first-order valence-corrected chi connectivity index (χ1v) is 8.89. The third-order valence-corrected chi connectivity index (χ3v) is 4.49. The molecule has 0 aliphatic carbocycles. The van der Waals surface area contributed by atoms with E-state index in [1.54, 1.807) is 27.2 Å². The maximum atomic E-state index is 12.6. The second-order valence-electron chi connectivity index (χ2n) is 5.75. The van der Waals surface area contributed by atoms with E-state index in [0.29, 0.717) is 27.9 Å². The number of carbonyl (C=O) groups excluding carboxylic acids is 1. The summed E-state index contributed by atoms with van der Waals surface area (Å²) >= 11 is 8.74. The van der Waals surface area contributed by atoms with Crippen molar-refractivity contribution in [1.82, 2.24) is 10.6 Å². The summed E-state index contributed by atoms with van der Waals surface area (Å²) in [5, 5.41) is 6.53. The number of thiocarbonyl (C=S) groups is 1. The van der Waals surface area contributed by atoms with Crippen molar-refractivity contribution in [3.8, 4) is 11.5 Å². The van der Waals surface area contributed by atoms with Gasteiger partial charge in [0, 0.05) is 17.3 Å². The van der Waals surface area contributed by atoms with Gasteiger partial charge in [0.15, 0.2) is 5.11 Å². The molecule has 0 amide bonds. The zero-order valence-electron chi connectivity index (χ0n) is 14.7. The van der Waals surface area contributed by atoms with Crippen LogP contribution in [0.3, 0.4) is 0 Å². The molecule has 0 aromatic heterocycles. The SMILES string of the molecule is COc1cc(OC)c([C@H]2NC(=S)NC(C)=C2C(=O)OC(C)C)cc1Br. The number of hydrogen-bond donors (Lipinski definition) is 2. The van der Waals surface area contributed by atoms with Crippen LogP contribution in [0.2, 0.25) is 0 Å². The van der Waals surface area contributed by atoms with Crippen LogP contribution in [0, 0.1) is 0 Å². The van der Waals surface area contributed by atoms with E-state index in [0.717, 1.165) is 10.0 Å². The van der Waals surface area contributed by atoms with Crippen LogP contribution in [0.15, 0.2) is 27.9 Å². The van der Waals surface area contributed by atoms with Crippen molar-refractivity contribution in [2.45, 2.75) is 32.9 Å². The standard InChI is InChI=1S/C17H21BrN2O4S/c1-8(2)24-16(21)14-9(3)19-17(25)20-15(14)10-6-11(18)13(23-5)7-12(10)22-4/h6-8,15H,1-5H3,(H2,19,20,25)/t15-/m1/s1. The van der Waals surface area contributed by atoms with Gasteiger partial charge in [0.1, 0.15) is 11.5 Å². The van der Waals surface area contributed by atoms with Gasteiger partial charge < -0.3 is 24.8 Å². The van der Waals surface area contributed by atoms with Crippen molar-refractivity contribution in [2.24, 2.45) is 0 Å². The molecule has 136 valence electrons. The lowest BCUT2D eigenvalue weighted by atomic mass is 9.94. The molecule has 0 saturated carbocycles. The van der Waals surface area contributed by atoms with Gasteiger partial charge in [-0.1, -0.05) is 0 Å². The van der Waals surface area contributed by atoms with Crippen LogP contribution in [0.4, 0.5) is 0 Å². The number of allylic oxidation sites excluding steroid dienone is 1. The molecule has 1 aliphatic rings. The minimum Gasteiger partial charge on any atom is -0.496 e. The molecule has 25 heavy (non-hydrogen) atoms. The van der Waals surface area contributed by atoms with Crippen LogP contribution in [0.5, 0.6) is 11.5 Å². The number of benzene rings is 1. The molecule has 0 saturated heterocycles. The van der Waals surface area contributed by atoms with Crippen LogP contribution in [-0.2, 0) is 9.53 Å². The van der Waals surface area contributed by atoms with E-state index in [2.05, 4.69) is 26.6 Å². The second-order valence-corrected chi connectivity index (χ2v) is 7.02. The zero-order valence-corrected chi connectivity index (χ0v) is 17.1. The molecule has 1 aromatic rings. The third kappa shape index (κ3) is 4.24. The predicted octanol–water partition coefficient (Wildman–Crippen LogP) is 3.21. The highest BCUT2D eigenvalue weighted by Crippen LogP contribution is 2.39. The zero-order chi connectivity index (χ0) is 18.7. The number of hydrogen-bond acceptors (Lipinski definition) is 5. The largest absolute Gasteiger partial charge is 0.496 e. The highest BCUT2D eigenvalue weighted by atomic mass is 79.9. The molecule has 2 rings (SSSR count). The molecule has 0 unspecified atom stereocenters. The Labute approximate surface area is 161 Å². The lowest BCUT2D eigenvalue weighted by molar-refractivity contribution is -0.143. The highest BCUT2D eigenvalue weighted by molar-refractivity contribution is 9.10. The maximum Gasteiger partial charge on any atom is 0.338 e. The van der Waals surface area contributed by atoms with Crippen molar-refractivity contribution in [3.05, 3.63) is 33.4 Å². The summed E-state index contributed by atoms with van der Waals surface area (Å²) in [5.41, 5.74) is 1.85. The average molecular weight is 429 g/mol. The Bertz CT molecular complexity index is 734. The molecular weight excluding hydrogens is 408 g/mol. The first-order valence-electron chi connectivity index (χ1n) is 7.69. The van der Waals surface area contributed by atoms with E-state index in [-0.39, 0.29) is 6.10 Å². The first-order chi connectivity index (χ1) is 11.8. The molecule has 1 heterocycles. The number of ether oxygens (including phenoxy) is 3. The summed E-state index contributed by atoms with van der Waals surface area (Å²) < 4.78 is 16.9. The van der Waals surface area contributed by atoms with E-state index in [1.807, 2.05) is 19.9 Å². The second kappa shape index (κ2) is 8.05. The number of nitrogens with one attached hydrogen (secondary N) is 2. The van der Waals surface area contributed by atoms with E-state index >= 15 is 0 Å². The molecule has 8 heteroatoms. The van der Waals surface area contributed by atoms with E-state index in [4.69, 9.17) is 26.4 Å². The van der Waals surface area contributed by atoms with E-state index in [1.165, 1.54) is 0 Å². The molecule has 0 spiro atoms. The lowest BCUT2D eigenvalue weighted by Gasteiger charge is -2.31. The monoisotopic (exact) mass is 428 g/mol. The van der Waals surface area contributed by atoms with Gasteiger partial charge >= 0.3 is 5.97 Å². The maximum absolute atomic E-state index is 12.6. The first kappa shape index (κ1) is 19.5. The van der Waals surface area contributed by atoms with Crippen LogP contribution in [0.1, 0.15) is 32.4 Å². The molecule has 1 atom stereocenters. The van der Waals surface area contributed by atoms with Crippen LogP contribution in [0.25, 0.3) is 0 Å². The molecule has 6 nitrogen and oxygen atoms in total. The lowest BCUT2D eigenvalue weighted by Crippen LogP contribution is -2.45. The fourth-order valence-corrected chi connectivity index (χ4v) is 3.38. The van der Waals surface area contributed by atoms with Crippen molar-refractivity contribution in [1.29, 1.82) is 0 Å². The number of methoxy groups -OCH3 is 2. The molecule has 1 aliphatic heterocycles. The van der Waals surface area contributed by atoms with Crippen LogP contribution >= 0.6 is 28.1 Å². The quantitative estimate of drug-likeness (QED) is 0.550. The summed E-state index contributed by atoms with van der Waals surface area (Å²) in [6.45, 7) is 5.41. The Hall–Kier alpha value is -1.80. The Morgan fingerprint density at radius 3 is 2.44 bits per heavy atom. The summed E-state index contributed by atoms with van der Waals surface area (Å²) in [6.07, 6.45) is -0.230. The number of halogens is 1. The Balaban J connectivity index is 2.57. The highest BCUT2D eigenvalue weighted by Gasteiger charge is 2.33. The van der Waals surface area contributed by atoms with Gasteiger partial charge in [-0.3, -0.25) is 0 Å². The van der Waals surface area contributed by atoms with Gasteiger partial charge in [-0.15, -0.1) is 0 Å². The summed E-state index contributed by atoms with van der Waals surface area (Å²) in [7, 11) is 3.14. The fraction of sp³-hybridized carbons (Fsp3) is 0.412. The van der Waals surface area contributed by atoms with Crippen molar-refractivity contribution in [2.75, 3.05) is 14.2 Å². The number of carbonyl (C=O) groups is 1. The normalized spacial score (nSPS) is 17.1. The van der Waals surface area contributed by atoms with E-state index < -0.39 is 12.0 Å². The van der Waals surface area contributed by atoms with Crippen LogP contribution < -0.4 is 20.1 Å². The summed E-state index contributed by atoms with van der Waals surface area (Å²) in [4.78, 5) is 12.6. The molecule has 2 N–H and O–H groups in total. The van der Waals surface area contributed by atoms with Crippen molar-refractivity contribution in [3.63, 3.8) is 0 Å². The topological polar surface area (TPSA) is 68.8 Å². The Morgan fingerprint density at radius 2 is 1.88 bits per heavy atom. The van der Waals surface area contributed by atoms with E-state index in [9.17, 15) is 4.79 Å². The summed E-state index contributed by atoms with van der Waals surface area (Å²) in [6, 6.07) is 3.10. The predicted molar refractivity (Wildman–Crippen MR) is 103 cm³/mol. The Kier molecular flexibility index (Phi) is 6.29. The van der Waals surface area contributed by atoms with Gasteiger partial charge in [0.05, 0.1) is 36.4 Å². The molecule has 0 radical (unpaired) electrons. The number of rotatable bonds is 5. The van der Waals surface area contributed by atoms with Crippen molar-refractivity contribution >= 4 is 39.2 Å². The molecule has 0 bridgehead atoms. The Morgan fingerprint density at radius 1 is 1.24 bits per heavy atom. The molecule has 0 fully saturated rings. The van der Waals surface area contributed by atoms with Crippen molar-refractivity contribution < 1.29 is 19.0 Å². The molecular formula is C17H21BrN2O4S. The van der Waals surface area contributed by atoms with Crippen LogP contribution in [-0.4, -0.2) is 31.4 Å². The smallest absolute Gasteiger partial charge is 0.338 e.